The van der Waals surface area contributed by atoms with Crippen LogP contribution < -0.4 is 0 Å². The maximum absolute atomic E-state index is 2.36. The summed E-state index contributed by atoms with van der Waals surface area (Å²) in [5.74, 6) is 0.686. The third kappa shape index (κ3) is 3.78. The highest BCUT2D eigenvalue weighted by atomic mass is 14.0. The standard InChI is InChI=1S/C14H20/c1-12(2)13(3)8-7-11-14-9-5-4-6-10-14/h4-6,8-10,12H,7,11H2,1-3H3/b13-8+. The van der Waals surface area contributed by atoms with Gasteiger partial charge in [-0.2, -0.15) is 0 Å². The molecule has 0 nitrogen and oxygen atoms in total. The van der Waals surface area contributed by atoms with Crippen molar-refractivity contribution in [2.24, 2.45) is 5.92 Å². The van der Waals surface area contributed by atoms with E-state index in [1.165, 1.54) is 11.1 Å². The molecule has 0 radical (unpaired) electrons. The largest absolute Gasteiger partial charge is 0.0850 e. The van der Waals surface area contributed by atoms with Crippen molar-refractivity contribution in [2.45, 2.75) is 33.6 Å². The maximum atomic E-state index is 2.36. The zero-order valence-corrected chi connectivity index (χ0v) is 9.46. The molecule has 0 bridgehead atoms. The summed E-state index contributed by atoms with van der Waals surface area (Å²) in [6.07, 6.45) is 4.68. The van der Waals surface area contributed by atoms with E-state index >= 15 is 0 Å². The summed E-state index contributed by atoms with van der Waals surface area (Å²) < 4.78 is 0. The predicted molar refractivity (Wildman–Crippen MR) is 63.4 cm³/mol. The van der Waals surface area contributed by atoms with Gasteiger partial charge in [-0.25, -0.2) is 0 Å². The molecule has 0 saturated heterocycles. The number of hydrogen-bond acceptors (Lipinski definition) is 0. The first kappa shape index (κ1) is 11.0. The van der Waals surface area contributed by atoms with E-state index in [-0.39, 0.29) is 0 Å². The lowest BCUT2D eigenvalue weighted by atomic mass is 10.0. The van der Waals surface area contributed by atoms with Crippen LogP contribution in [-0.2, 0) is 6.42 Å². The van der Waals surface area contributed by atoms with E-state index in [9.17, 15) is 0 Å². The molecule has 76 valence electrons. The normalized spacial score (nSPS) is 12.1. The fraction of sp³-hybridized carbons (Fsp3) is 0.429. The lowest BCUT2D eigenvalue weighted by Gasteiger charge is -2.04. The first-order chi connectivity index (χ1) is 6.70. The van der Waals surface area contributed by atoms with Gasteiger partial charge in [-0.3, -0.25) is 0 Å². The van der Waals surface area contributed by atoms with E-state index in [1.54, 1.807) is 0 Å². The van der Waals surface area contributed by atoms with Crippen molar-refractivity contribution in [2.75, 3.05) is 0 Å². The molecule has 0 aliphatic carbocycles. The van der Waals surface area contributed by atoms with Gasteiger partial charge in [0.1, 0.15) is 0 Å². The molecule has 0 heteroatoms. The highest BCUT2D eigenvalue weighted by Crippen LogP contribution is 2.10. The summed E-state index contributed by atoms with van der Waals surface area (Å²) in [6, 6.07) is 10.7. The van der Waals surface area contributed by atoms with Crippen molar-refractivity contribution < 1.29 is 0 Å². The fourth-order valence-corrected chi connectivity index (χ4v) is 1.35. The van der Waals surface area contributed by atoms with Crippen LogP contribution in [0.25, 0.3) is 0 Å². The summed E-state index contributed by atoms with van der Waals surface area (Å²) in [7, 11) is 0. The second-order valence-corrected chi connectivity index (χ2v) is 4.13. The van der Waals surface area contributed by atoms with Gasteiger partial charge in [-0.1, -0.05) is 55.8 Å². The molecular weight excluding hydrogens is 168 g/mol. The van der Waals surface area contributed by atoms with Gasteiger partial charge in [0.25, 0.3) is 0 Å². The summed E-state index contributed by atoms with van der Waals surface area (Å²) in [4.78, 5) is 0. The number of rotatable bonds is 4. The zero-order chi connectivity index (χ0) is 10.4. The van der Waals surface area contributed by atoms with Crippen LogP contribution in [0.15, 0.2) is 42.0 Å². The maximum Gasteiger partial charge on any atom is -0.0244 e. The molecule has 0 aliphatic heterocycles. The number of benzene rings is 1. The van der Waals surface area contributed by atoms with Gasteiger partial charge in [0.15, 0.2) is 0 Å². The molecule has 0 N–H and O–H groups in total. The Hall–Kier alpha value is -1.04. The molecule has 0 aliphatic rings. The van der Waals surface area contributed by atoms with E-state index in [1.807, 2.05) is 0 Å². The van der Waals surface area contributed by atoms with Crippen LogP contribution in [-0.4, -0.2) is 0 Å². The molecule has 0 heterocycles. The second-order valence-electron chi connectivity index (χ2n) is 4.13. The molecule has 0 unspecified atom stereocenters. The predicted octanol–water partition coefficient (Wildman–Crippen LogP) is 4.22. The number of aryl methyl sites for hydroxylation is 1. The van der Waals surface area contributed by atoms with Gasteiger partial charge >= 0.3 is 0 Å². The SMILES string of the molecule is C/C(=C\CCc1ccccc1)C(C)C. The fourth-order valence-electron chi connectivity index (χ4n) is 1.35. The van der Waals surface area contributed by atoms with Crippen molar-refractivity contribution in [3.8, 4) is 0 Å². The highest BCUT2D eigenvalue weighted by molar-refractivity contribution is 5.15. The quantitative estimate of drug-likeness (QED) is 0.620. The van der Waals surface area contributed by atoms with Gasteiger partial charge in [0.05, 0.1) is 0 Å². The number of hydrogen-bond donors (Lipinski definition) is 0. The number of allylic oxidation sites excluding steroid dienone is 2. The minimum Gasteiger partial charge on any atom is -0.0850 e. The van der Waals surface area contributed by atoms with Crippen LogP contribution in [0.5, 0.6) is 0 Å². The topological polar surface area (TPSA) is 0 Å². The molecule has 0 spiro atoms. The third-order valence-corrected chi connectivity index (χ3v) is 2.65. The van der Waals surface area contributed by atoms with Crippen molar-refractivity contribution in [3.05, 3.63) is 47.5 Å². The molecule has 0 atom stereocenters. The van der Waals surface area contributed by atoms with Gasteiger partial charge in [0, 0.05) is 0 Å². The third-order valence-electron chi connectivity index (χ3n) is 2.65. The van der Waals surface area contributed by atoms with Gasteiger partial charge < -0.3 is 0 Å². The second kappa shape index (κ2) is 5.64. The van der Waals surface area contributed by atoms with E-state index in [4.69, 9.17) is 0 Å². The zero-order valence-electron chi connectivity index (χ0n) is 9.46. The average Bonchev–Trinajstić information content (AvgIpc) is 2.19. The minimum absolute atomic E-state index is 0.686. The van der Waals surface area contributed by atoms with Crippen molar-refractivity contribution in [1.29, 1.82) is 0 Å². The Labute approximate surface area is 87.7 Å². The molecule has 1 aromatic carbocycles. The van der Waals surface area contributed by atoms with Gasteiger partial charge in [-0.05, 0) is 31.2 Å². The lowest BCUT2D eigenvalue weighted by Crippen LogP contribution is -1.89. The van der Waals surface area contributed by atoms with Crippen molar-refractivity contribution in [3.63, 3.8) is 0 Å². The van der Waals surface area contributed by atoms with Crippen LogP contribution in [0.3, 0.4) is 0 Å². The Bertz CT molecular complexity index is 280. The average molecular weight is 188 g/mol. The van der Waals surface area contributed by atoms with Crippen LogP contribution >= 0.6 is 0 Å². The minimum atomic E-state index is 0.686. The lowest BCUT2D eigenvalue weighted by molar-refractivity contribution is 0.759. The Morgan fingerprint density at radius 1 is 1.21 bits per heavy atom. The smallest absolute Gasteiger partial charge is 0.0244 e. The molecule has 0 aromatic heterocycles. The van der Waals surface area contributed by atoms with Gasteiger partial charge in [0.2, 0.25) is 0 Å². The van der Waals surface area contributed by atoms with Crippen LogP contribution in [0.1, 0.15) is 32.8 Å². The van der Waals surface area contributed by atoms with E-state index in [0.717, 1.165) is 12.8 Å². The van der Waals surface area contributed by atoms with Crippen LogP contribution in [0.2, 0.25) is 0 Å². The Morgan fingerprint density at radius 3 is 2.43 bits per heavy atom. The summed E-state index contributed by atoms with van der Waals surface area (Å²) in [5.41, 5.74) is 2.93. The molecule has 14 heavy (non-hydrogen) atoms. The van der Waals surface area contributed by atoms with Crippen molar-refractivity contribution in [1.82, 2.24) is 0 Å². The Morgan fingerprint density at radius 2 is 1.86 bits per heavy atom. The van der Waals surface area contributed by atoms with Gasteiger partial charge in [-0.15, -0.1) is 0 Å². The van der Waals surface area contributed by atoms with E-state index in [2.05, 4.69) is 57.2 Å². The Balaban J connectivity index is 2.39. The van der Waals surface area contributed by atoms with Crippen LogP contribution in [0, 0.1) is 5.92 Å². The van der Waals surface area contributed by atoms with E-state index < -0.39 is 0 Å². The summed E-state index contributed by atoms with van der Waals surface area (Å²) >= 11 is 0. The van der Waals surface area contributed by atoms with E-state index in [0.29, 0.717) is 5.92 Å². The monoisotopic (exact) mass is 188 g/mol. The summed E-state index contributed by atoms with van der Waals surface area (Å²) in [5, 5.41) is 0. The molecular formula is C14H20. The molecule has 1 rings (SSSR count). The first-order valence-corrected chi connectivity index (χ1v) is 5.40. The first-order valence-electron chi connectivity index (χ1n) is 5.40. The molecule has 0 amide bonds. The molecule has 0 saturated carbocycles. The van der Waals surface area contributed by atoms with Crippen molar-refractivity contribution >= 4 is 0 Å². The Kier molecular flexibility index (Phi) is 4.45. The summed E-state index contributed by atoms with van der Waals surface area (Å²) in [6.45, 7) is 6.71. The molecule has 0 fully saturated rings. The highest BCUT2D eigenvalue weighted by Gasteiger charge is 1.95. The van der Waals surface area contributed by atoms with Crippen LogP contribution in [0.4, 0.5) is 0 Å². The molecule has 1 aromatic rings.